The molecule has 0 N–H and O–H groups in total. The lowest BCUT2D eigenvalue weighted by Gasteiger charge is -2.12. The summed E-state index contributed by atoms with van der Waals surface area (Å²) in [5.41, 5.74) is 2.22. The summed E-state index contributed by atoms with van der Waals surface area (Å²) in [6.07, 6.45) is 1.52. The zero-order valence-electron chi connectivity index (χ0n) is 16.2. The van der Waals surface area contributed by atoms with Crippen LogP contribution >= 0.6 is 23.4 Å². The van der Waals surface area contributed by atoms with Crippen LogP contribution < -0.4 is 0 Å². The molecule has 2 heterocycles. The van der Waals surface area contributed by atoms with E-state index in [1.807, 2.05) is 13.0 Å². The van der Waals surface area contributed by atoms with Crippen molar-refractivity contribution >= 4 is 46.3 Å². The molecule has 3 aromatic rings. The Morgan fingerprint density at radius 1 is 1.16 bits per heavy atom. The molecule has 0 aliphatic carbocycles. The number of rotatable bonds is 5. The number of benzene rings is 2. The van der Waals surface area contributed by atoms with Crippen molar-refractivity contribution in [2.75, 3.05) is 0 Å². The van der Waals surface area contributed by atoms with Crippen molar-refractivity contribution in [3.05, 3.63) is 91.5 Å². The molecule has 7 nitrogen and oxygen atoms in total. The van der Waals surface area contributed by atoms with Crippen LogP contribution in [0.15, 0.2) is 63.9 Å². The molecule has 0 unspecified atom stereocenters. The minimum absolute atomic E-state index is 0.0468. The van der Waals surface area contributed by atoms with Crippen LogP contribution in [0.4, 0.5) is 10.5 Å². The van der Waals surface area contributed by atoms with Crippen LogP contribution in [0.1, 0.15) is 16.9 Å². The van der Waals surface area contributed by atoms with Gasteiger partial charge in [-0.3, -0.25) is 24.6 Å². The maximum atomic E-state index is 12.7. The molecule has 2 amide bonds. The normalized spacial score (nSPS) is 15.2. The second kappa shape index (κ2) is 8.41. The predicted octanol–water partition coefficient (Wildman–Crippen LogP) is 6.05. The zero-order chi connectivity index (χ0) is 22.1. The summed E-state index contributed by atoms with van der Waals surface area (Å²) in [5.74, 6) is 0.552. The molecule has 1 aliphatic heterocycles. The molecule has 1 aromatic heterocycles. The number of halogens is 1. The van der Waals surface area contributed by atoms with Gasteiger partial charge >= 0.3 is 0 Å². The second-order valence-corrected chi connectivity index (χ2v) is 8.29. The highest BCUT2D eigenvalue weighted by molar-refractivity contribution is 8.18. The number of hydrogen-bond donors (Lipinski definition) is 0. The molecule has 1 fully saturated rings. The van der Waals surface area contributed by atoms with Crippen molar-refractivity contribution in [2.45, 2.75) is 13.5 Å². The molecule has 1 saturated heterocycles. The van der Waals surface area contributed by atoms with Gasteiger partial charge in [0.05, 0.1) is 16.4 Å². The number of amides is 2. The molecule has 1 aliphatic rings. The topological polar surface area (TPSA) is 93.7 Å². The van der Waals surface area contributed by atoms with Crippen LogP contribution in [0.5, 0.6) is 0 Å². The van der Waals surface area contributed by atoms with Crippen molar-refractivity contribution in [1.82, 2.24) is 4.90 Å². The number of carbonyl (C=O) groups excluding carboxylic acids is 2. The molecular formula is C22H15ClN2O5S. The number of carbonyl (C=O) groups is 2. The van der Waals surface area contributed by atoms with Crippen molar-refractivity contribution in [1.29, 1.82) is 0 Å². The molecule has 9 heteroatoms. The fourth-order valence-electron chi connectivity index (χ4n) is 3.15. The molecule has 31 heavy (non-hydrogen) atoms. The molecule has 4 rings (SSSR count). The van der Waals surface area contributed by atoms with Crippen molar-refractivity contribution in [3.8, 4) is 11.3 Å². The minimum atomic E-state index is -0.521. The number of non-ortho nitro benzene ring substituents is 1. The lowest BCUT2D eigenvalue weighted by molar-refractivity contribution is -0.384. The largest absolute Gasteiger partial charge is 0.457 e. The van der Waals surface area contributed by atoms with Crippen LogP contribution in [-0.4, -0.2) is 21.0 Å². The first kappa shape index (κ1) is 20.9. The Bertz CT molecular complexity index is 1250. The SMILES string of the molecule is Cc1ccc(Cl)cc1-c1ccc(C=C2SC(=O)N(Cc3cccc([N+](=O)[O-])c3)C2=O)o1. The van der Waals surface area contributed by atoms with E-state index in [9.17, 15) is 19.7 Å². The summed E-state index contributed by atoms with van der Waals surface area (Å²) in [6.45, 7) is 1.89. The van der Waals surface area contributed by atoms with Crippen LogP contribution in [0.3, 0.4) is 0 Å². The third-order valence-electron chi connectivity index (χ3n) is 4.70. The minimum Gasteiger partial charge on any atom is -0.457 e. The number of aryl methyl sites for hydroxylation is 1. The van der Waals surface area contributed by atoms with Gasteiger partial charge in [-0.05, 0) is 54.1 Å². The standard InChI is InChI=1S/C22H15ClN2O5S/c1-13-5-6-15(23)10-18(13)19-8-7-17(30-19)11-20-21(26)24(22(27)31-20)12-14-3-2-4-16(9-14)25(28)29/h2-11H,12H2,1H3. The van der Waals surface area contributed by atoms with Gasteiger partial charge in [0.25, 0.3) is 16.8 Å². The number of thioether (sulfide) groups is 1. The third-order valence-corrected chi connectivity index (χ3v) is 5.84. The predicted molar refractivity (Wildman–Crippen MR) is 119 cm³/mol. The molecular weight excluding hydrogens is 440 g/mol. The Morgan fingerprint density at radius 3 is 2.74 bits per heavy atom. The monoisotopic (exact) mass is 454 g/mol. The zero-order valence-corrected chi connectivity index (χ0v) is 17.8. The summed E-state index contributed by atoms with van der Waals surface area (Å²) >= 11 is 6.87. The van der Waals surface area contributed by atoms with Gasteiger partial charge in [-0.1, -0.05) is 29.8 Å². The van der Waals surface area contributed by atoms with E-state index >= 15 is 0 Å². The molecule has 2 aromatic carbocycles. The summed E-state index contributed by atoms with van der Waals surface area (Å²) in [7, 11) is 0. The van der Waals surface area contributed by atoms with E-state index in [1.54, 1.807) is 30.3 Å². The molecule has 0 saturated carbocycles. The fourth-order valence-corrected chi connectivity index (χ4v) is 4.14. The number of nitro benzene ring substituents is 1. The first-order valence-corrected chi connectivity index (χ1v) is 10.4. The molecule has 156 valence electrons. The Morgan fingerprint density at radius 2 is 1.97 bits per heavy atom. The number of hydrogen-bond acceptors (Lipinski definition) is 6. The van der Waals surface area contributed by atoms with Crippen molar-refractivity contribution in [3.63, 3.8) is 0 Å². The lowest BCUT2D eigenvalue weighted by atomic mass is 10.1. The molecule has 0 spiro atoms. The van der Waals surface area contributed by atoms with E-state index in [2.05, 4.69) is 0 Å². The Kier molecular flexibility index (Phi) is 5.67. The van der Waals surface area contributed by atoms with Crippen molar-refractivity contribution < 1.29 is 18.9 Å². The number of imide groups is 1. The summed E-state index contributed by atoms with van der Waals surface area (Å²) in [5, 5.41) is 11.1. The van der Waals surface area contributed by atoms with Gasteiger partial charge in [-0.2, -0.15) is 0 Å². The van der Waals surface area contributed by atoms with E-state index in [0.29, 0.717) is 22.1 Å². The van der Waals surface area contributed by atoms with Gasteiger partial charge in [0.15, 0.2) is 0 Å². The van der Waals surface area contributed by atoms with E-state index in [1.165, 1.54) is 24.3 Å². The highest BCUT2D eigenvalue weighted by Crippen LogP contribution is 2.35. The van der Waals surface area contributed by atoms with Gasteiger partial charge < -0.3 is 4.42 Å². The molecule has 0 bridgehead atoms. The van der Waals surface area contributed by atoms with E-state index in [4.69, 9.17) is 16.0 Å². The van der Waals surface area contributed by atoms with Crippen LogP contribution in [-0.2, 0) is 11.3 Å². The molecule has 0 radical (unpaired) electrons. The first-order valence-electron chi connectivity index (χ1n) is 9.17. The smallest absolute Gasteiger partial charge is 0.293 e. The van der Waals surface area contributed by atoms with Gasteiger partial charge in [0.1, 0.15) is 11.5 Å². The van der Waals surface area contributed by atoms with E-state index in [0.717, 1.165) is 27.8 Å². The highest BCUT2D eigenvalue weighted by atomic mass is 35.5. The second-order valence-electron chi connectivity index (χ2n) is 6.86. The number of nitro groups is 1. The maximum Gasteiger partial charge on any atom is 0.293 e. The van der Waals surface area contributed by atoms with Gasteiger partial charge in [0.2, 0.25) is 0 Å². The summed E-state index contributed by atoms with van der Waals surface area (Å²) in [4.78, 5) is 36.8. The molecule has 0 atom stereocenters. The average molecular weight is 455 g/mol. The van der Waals surface area contributed by atoms with E-state index in [-0.39, 0.29) is 17.1 Å². The quantitative estimate of drug-likeness (QED) is 0.264. The maximum absolute atomic E-state index is 12.7. The van der Waals surface area contributed by atoms with E-state index < -0.39 is 16.1 Å². The summed E-state index contributed by atoms with van der Waals surface area (Å²) in [6, 6.07) is 14.8. The van der Waals surface area contributed by atoms with Crippen LogP contribution in [0, 0.1) is 17.0 Å². The highest BCUT2D eigenvalue weighted by Gasteiger charge is 2.35. The first-order chi connectivity index (χ1) is 14.8. The average Bonchev–Trinajstić information content (AvgIpc) is 3.30. The summed E-state index contributed by atoms with van der Waals surface area (Å²) < 4.78 is 5.84. The third kappa shape index (κ3) is 4.40. The number of nitrogens with zero attached hydrogens (tertiary/aromatic N) is 2. The van der Waals surface area contributed by atoms with Gasteiger partial charge in [0, 0.05) is 28.8 Å². The Labute approximate surface area is 186 Å². The Balaban J connectivity index is 1.55. The van der Waals surface area contributed by atoms with Gasteiger partial charge in [-0.15, -0.1) is 0 Å². The van der Waals surface area contributed by atoms with Crippen LogP contribution in [0.25, 0.3) is 17.4 Å². The van der Waals surface area contributed by atoms with Crippen LogP contribution in [0.2, 0.25) is 5.02 Å². The fraction of sp³-hybridized carbons (Fsp3) is 0.0909. The lowest BCUT2D eigenvalue weighted by Crippen LogP contribution is -2.27. The van der Waals surface area contributed by atoms with Gasteiger partial charge in [-0.25, -0.2) is 0 Å². The van der Waals surface area contributed by atoms with Crippen molar-refractivity contribution in [2.24, 2.45) is 0 Å². The number of furan rings is 1. The Hall–Kier alpha value is -3.36.